The third-order valence-electron chi connectivity index (χ3n) is 5.76. The summed E-state index contributed by atoms with van der Waals surface area (Å²) >= 11 is 0. The molecule has 1 atom stereocenters. The Balaban J connectivity index is 1.67. The molecule has 0 saturated carbocycles. The number of halogens is 1. The predicted octanol–water partition coefficient (Wildman–Crippen LogP) is 6.15. The van der Waals surface area contributed by atoms with E-state index in [0.29, 0.717) is 29.2 Å². The van der Waals surface area contributed by atoms with Gasteiger partial charge < -0.3 is 9.64 Å². The van der Waals surface area contributed by atoms with E-state index in [9.17, 15) is 9.18 Å². The van der Waals surface area contributed by atoms with Gasteiger partial charge in [-0.15, -0.1) is 0 Å². The van der Waals surface area contributed by atoms with E-state index >= 15 is 0 Å². The number of H-pyrrole nitrogens is 1. The van der Waals surface area contributed by atoms with Crippen molar-refractivity contribution < 1.29 is 13.9 Å². The Morgan fingerprint density at radius 1 is 1.24 bits per heavy atom. The first-order valence-electron chi connectivity index (χ1n) is 10.6. The molecule has 1 unspecified atom stereocenters. The van der Waals surface area contributed by atoms with E-state index in [0.717, 1.165) is 22.0 Å². The zero-order chi connectivity index (χ0) is 23.5. The third kappa shape index (κ3) is 4.15. The van der Waals surface area contributed by atoms with Gasteiger partial charge in [-0.3, -0.25) is 9.89 Å². The fraction of sp³-hybridized carbons (Fsp3) is 0.192. The molecule has 6 nitrogen and oxygen atoms in total. The molecular formula is C26H23FN4O2. The topological polar surface area (TPSA) is 62.6 Å². The van der Waals surface area contributed by atoms with Crippen molar-refractivity contribution in [1.82, 2.24) is 15.1 Å². The highest BCUT2D eigenvalue weighted by Gasteiger charge is 2.23. The largest absolute Gasteiger partial charge is 0.493 e. The Morgan fingerprint density at radius 3 is 2.79 bits per heavy atom. The van der Waals surface area contributed by atoms with Gasteiger partial charge in [-0.2, -0.15) is 5.10 Å². The van der Waals surface area contributed by atoms with Gasteiger partial charge in [-0.1, -0.05) is 24.3 Å². The summed E-state index contributed by atoms with van der Waals surface area (Å²) in [7, 11) is 1.73. The summed E-state index contributed by atoms with van der Waals surface area (Å²) in [5.74, 6) is 0.00144. The predicted molar refractivity (Wildman–Crippen MR) is 126 cm³/mol. The Labute approximate surface area is 191 Å². The van der Waals surface area contributed by atoms with Gasteiger partial charge in [-0.05, 0) is 55.3 Å². The smallest absolute Gasteiger partial charge is 0.254 e. The quantitative estimate of drug-likeness (QED) is 0.364. The zero-order valence-corrected chi connectivity index (χ0v) is 18.6. The van der Waals surface area contributed by atoms with Gasteiger partial charge in [0.05, 0.1) is 24.7 Å². The average Bonchev–Trinajstić information content (AvgIpc) is 3.32. The number of ether oxygens (including phenoxy) is 1. The van der Waals surface area contributed by atoms with Gasteiger partial charge in [0.25, 0.3) is 5.91 Å². The monoisotopic (exact) mass is 442 g/mol. The summed E-state index contributed by atoms with van der Waals surface area (Å²) in [6, 6.07) is 14.8. The van der Waals surface area contributed by atoms with Crippen LogP contribution in [0.5, 0.6) is 5.75 Å². The standard InChI is InChI=1S/C26H23FN4O2/c1-5-33-24-14-18(9-10-21(24)17-7-6-8-19(27)13-17)26(32)31(4)16(2)20-11-12-23(28-3)22-15-29-30-25(20)22/h6-16H,5H2,1-2,4H3,(H,29,30). The van der Waals surface area contributed by atoms with Crippen molar-refractivity contribution in [2.24, 2.45) is 0 Å². The second-order valence-electron chi connectivity index (χ2n) is 7.69. The Kier molecular flexibility index (Phi) is 6.09. The first-order chi connectivity index (χ1) is 15.9. The maximum atomic E-state index is 13.7. The SMILES string of the molecule is [C-]#[N+]c1ccc(C(C)N(C)C(=O)c2ccc(-c3cccc(F)c3)c(OCC)c2)c2[nH]ncc12. The van der Waals surface area contributed by atoms with Crippen molar-refractivity contribution in [3.05, 3.63) is 89.2 Å². The summed E-state index contributed by atoms with van der Waals surface area (Å²) in [5, 5.41) is 7.76. The maximum Gasteiger partial charge on any atom is 0.254 e. The number of nitrogens with one attached hydrogen (secondary N) is 1. The fourth-order valence-electron chi connectivity index (χ4n) is 3.90. The number of hydrogen-bond donors (Lipinski definition) is 1. The highest BCUT2D eigenvalue weighted by Crippen LogP contribution is 2.35. The number of aromatic nitrogens is 2. The van der Waals surface area contributed by atoms with Crippen molar-refractivity contribution in [3.63, 3.8) is 0 Å². The van der Waals surface area contributed by atoms with Crippen LogP contribution in [0.2, 0.25) is 0 Å². The van der Waals surface area contributed by atoms with Crippen LogP contribution in [0.4, 0.5) is 10.1 Å². The second kappa shape index (κ2) is 9.13. The molecule has 166 valence electrons. The molecule has 0 radical (unpaired) electrons. The highest BCUT2D eigenvalue weighted by atomic mass is 19.1. The summed E-state index contributed by atoms with van der Waals surface area (Å²) in [6.07, 6.45) is 1.63. The second-order valence-corrected chi connectivity index (χ2v) is 7.69. The summed E-state index contributed by atoms with van der Waals surface area (Å²) in [6.45, 7) is 11.5. The molecule has 33 heavy (non-hydrogen) atoms. The molecule has 0 spiro atoms. The molecule has 1 aromatic heterocycles. The number of hydrogen-bond acceptors (Lipinski definition) is 3. The van der Waals surface area contributed by atoms with Crippen molar-refractivity contribution in [2.45, 2.75) is 19.9 Å². The molecule has 0 fully saturated rings. The number of carbonyl (C=O) groups excluding carboxylic acids is 1. The van der Waals surface area contributed by atoms with E-state index in [-0.39, 0.29) is 17.8 Å². The van der Waals surface area contributed by atoms with Gasteiger partial charge in [0.1, 0.15) is 11.6 Å². The van der Waals surface area contributed by atoms with E-state index in [1.807, 2.05) is 19.9 Å². The van der Waals surface area contributed by atoms with Crippen LogP contribution in [0.3, 0.4) is 0 Å². The van der Waals surface area contributed by atoms with Crippen LogP contribution < -0.4 is 4.74 Å². The molecule has 1 amide bonds. The first-order valence-corrected chi connectivity index (χ1v) is 10.6. The highest BCUT2D eigenvalue weighted by molar-refractivity contribution is 5.97. The lowest BCUT2D eigenvalue weighted by molar-refractivity contribution is 0.0743. The number of nitrogens with zero attached hydrogens (tertiary/aromatic N) is 3. The molecule has 0 aliphatic rings. The van der Waals surface area contributed by atoms with Crippen LogP contribution >= 0.6 is 0 Å². The molecule has 0 aliphatic heterocycles. The minimum Gasteiger partial charge on any atom is -0.493 e. The summed E-state index contributed by atoms with van der Waals surface area (Å²) in [5.41, 5.74) is 3.99. The van der Waals surface area contributed by atoms with Crippen LogP contribution in [0.15, 0.2) is 60.8 Å². The van der Waals surface area contributed by atoms with Crippen LogP contribution in [0, 0.1) is 12.4 Å². The number of amides is 1. The molecule has 4 rings (SSSR count). The van der Waals surface area contributed by atoms with Crippen molar-refractivity contribution in [3.8, 4) is 16.9 Å². The lowest BCUT2D eigenvalue weighted by atomic mass is 10.00. The normalized spacial score (nSPS) is 11.7. The Bertz CT molecular complexity index is 1370. The van der Waals surface area contributed by atoms with Crippen LogP contribution in [-0.2, 0) is 0 Å². The molecule has 1 N–H and O–H groups in total. The van der Waals surface area contributed by atoms with E-state index in [1.165, 1.54) is 12.1 Å². The molecule has 0 aliphatic carbocycles. The molecular weight excluding hydrogens is 419 g/mol. The number of aromatic amines is 1. The molecule has 3 aromatic carbocycles. The summed E-state index contributed by atoms with van der Waals surface area (Å²) in [4.78, 5) is 18.5. The minimum absolute atomic E-state index is 0.184. The number of carbonyl (C=O) groups is 1. The molecule has 0 bridgehead atoms. The fourth-order valence-corrected chi connectivity index (χ4v) is 3.90. The Hall–Kier alpha value is -4.18. The van der Waals surface area contributed by atoms with Gasteiger partial charge in [0.15, 0.2) is 5.69 Å². The van der Waals surface area contributed by atoms with Crippen molar-refractivity contribution >= 4 is 22.5 Å². The zero-order valence-electron chi connectivity index (χ0n) is 18.6. The lowest BCUT2D eigenvalue weighted by Crippen LogP contribution is -2.29. The molecule has 1 heterocycles. The summed E-state index contributed by atoms with van der Waals surface area (Å²) < 4.78 is 19.5. The first kappa shape index (κ1) is 22.0. The van der Waals surface area contributed by atoms with E-state index in [2.05, 4.69) is 15.0 Å². The molecule has 4 aromatic rings. The molecule has 0 saturated heterocycles. The third-order valence-corrected chi connectivity index (χ3v) is 5.76. The van der Waals surface area contributed by atoms with E-state index in [1.54, 1.807) is 54.5 Å². The van der Waals surface area contributed by atoms with Crippen LogP contribution in [0.25, 0.3) is 26.9 Å². The Morgan fingerprint density at radius 2 is 2.06 bits per heavy atom. The average molecular weight is 442 g/mol. The van der Waals surface area contributed by atoms with Crippen LogP contribution in [-0.4, -0.2) is 34.7 Å². The lowest BCUT2D eigenvalue weighted by Gasteiger charge is -2.26. The number of fused-ring (bicyclic) bond motifs is 1. The van der Waals surface area contributed by atoms with Gasteiger partial charge in [0, 0.05) is 29.8 Å². The number of rotatable bonds is 6. The maximum absolute atomic E-state index is 13.7. The van der Waals surface area contributed by atoms with Gasteiger partial charge >= 0.3 is 0 Å². The van der Waals surface area contributed by atoms with Crippen molar-refractivity contribution in [1.29, 1.82) is 0 Å². The van der Waals surface area contributed by atoms with E-state index < -0.39 is 0 Å². The van der Waals surface area contributed by atoms with Crippen LogP contribution in [0.1, 0.15) is 35.8 Å². The van der Waals surface area contributed by atoms with E-state index in [4.69, 9.17) is 11.3 Å². The minimum atomic E-state index is -0.335. The number of benzene rings is 3. The van der Waals surface area contributed by atoms with Crippen molar-refractivity contribution in [2.75, 3.05) is 13.7 Å². The molecule has 7 heteroatoms. The van der Waals surface area contributed by atoms with Gasteiger partial charge in [-0.25, -0.2) is 9.24 Å². The van der Waals surface area contributed by atoms with Gasteiger partial charge in [0.2, 0.25) is 0 Å².